The average Bonchev–Trinajstić information content (AvgIpc) is 2.99. The maximum atomic E-state index is 5.25. The van der Waals surface area contributed by atoms with Gasteiger partial charge in [0.05, 0.1) is 22.6 Å². The van der Waals surface area contributed by atoms with Crippen molar-refractivity contribution in [3.05, 3.63) is 108 Å². The first-order chi connectivity index (χ1) is 15.6. The number of hydrogen-bond donors (Lipinski definition) is 0. The number of nitrogens with zero attached hydrogens (tertiary/aromatic N) is 2. The second kappa shape index (κ2) is 6.08. The van der Waals surface area contributed by atoms with Crippen LogP contribution >= 0.6 is 0 Å². The van der Waals surface area contributed by atoms with Crippen molar-refractivity contribution in [3.8, 4) is 22.4 Å². The van der Waals surface area contributed by atoms with Gasteiger partial charge in [-0.2, -0.15) is 0 Å². The molecule has 0 fully saturated rings. The second-order valence-corrected chi connectivity index (χ2v) is 9.27. The molecule has 5 aromatic rings. The number of rotatable bonds is 1. The van der Waals surface area contributed by atoms with Gasteiger partial charge in [-0.1, -0.05) is 80.6 Å². The minimum Gasteiger partial charge on any atom is -0.308 e. The predicted octanol–water partition coefficient (Wildman–Crippen LogP) is 7.99. The van der Waals surface area contributed by atoms with Crippen LogP contribution in [0.2, 0.25) is 0 Å². The molecule has 2 heteroatoms. The van der Waals surface area contributed by atoms with Crippen molar-refractivity contribution in [2.24, 2.45) is 0 Å². The SMILES string of the molecule is CC1(C)c2cccc3c2-c2c(cccc21)N(c1ccccc1)c1cc2ccccc2nc1-3. The van der Waals surface area contributed by atoms with E-state index in [4.69, 9.17) is 4.98 Å². The fourth-order valence-electron chi connectivity index (χ4n) is 5.65. The van der Waals surface area contributed by atoms with Crippen LogP contribution in [-0.2, 0) is 5.41 Å². The van der Waals surface area contributed by atoms with Crippen molar-refractivity contribution >= 4 is 28.0 Å². The van der Waals surface area contributed by atoms with Crippen LogP contribution in [0.15, 0.2) is 97.1 Å². The van der Waals surface area contributed by atoms with Gasteiger partial charge in [-0.3, -0.25) is 0 Å². The molecule has 4 aromatic carbocycles. The number of hydrogen-bond acceptors (Lipinski definition) is 2. The van der Waals surface area contributed by atoms with Crippen LogP contribution in [0.5, 0.6) is 0 Å². The third-order valence-corrected chi connectivity index (χ3v) is 7.16. The Morgan fingerprint density at radius 3 is 2.22 bits per heavy atom. The number of pyridine rings is 1. The molecule has 2 aliphatic rings. The fraction of sp³-hybridized carbons (Fsp3) is 0.100. The van der Waals surface area contributed by atoms with Gasteiger partial charge in [0.25, 0.3) is 0 Å². The van der Waals surface area contributed by atoms with Crippen LogP contribution in [0.3, 0.4) is 0 Å². The van der Waals surface area contributed by atoms with E-state index in [1.165, 1.54) is 33.5 Å². The average molecular weight is 411 g/mol. The van der Waals surface area contributed by atoms with E-state index in [1.54, 1.807) is 0 Å². The van der Waals surface area contributed by atoms with Gasteiger partial charge >= 0.3 is 0 Å². The Hall–Kier alpha value is -3.91. The van der Waals surface area contributed by atoms with Gasteiger partial charge in [-0.15, -0.1) is 0 Å². The van der Waals surface area contributed by atoms with Gasteiger partial charge in [0.2, 0.25) is 0 Å². The predicted molar refractivity (Wildman–Crippen MR) is 133 cm³/mol. The summed E-state index contributed by atoms with van der Waals surface area (Å²) in [5.74, 6) is 0. The lowest BCUT2D eigenvalue weighted by atomic mass is 9.82. The summed E-state index contributed by atoms with van der Waals surface area (Å²) in [5, 5.41) is 1.15. The molecule has 0 amide bonds. The fourth-order valence-corrected chi connectivity index (χ4v) is 5.65. The molecular formula is C30H22N2. The lowest BCUT2D eigenvalue weighted by molar-refractivity contribution is 0.660. The topological polar surface area (TPSA) is 16.1 Å². The Bertz CT molecular complexity index is 1550. The van der Waals surface area contributed by atoms with Crippen molar-refractivity contribution in [2.75, 3.05) is 4.90 Å². The molecule has 1 aromatic heterocycles. The Balaban J connectivity index is 1.71. The first-order valence-corrected chi connectivity index (χ1v) is 11.2. The van der Waals surface area contributed by atoms with E-state index in [9.17, 15) is 0 Å². The quantitative estimate of drug-likeness (QED) is 0.273. The van der Waals surface area contributed by atoms with Crippen molar-refractivity contribution in [1.82, 2.24) is 4.98 Å². The van der Waals surface area contributed by atoms with E-state index in [1.807, 2.05) is 0 Å². The summed E-state index contributed by atoms with van der Waals surface area (Å²) >= 11 is 0. The number of para-hydroxylation sites is 2. The number of anilines is 3. The molecule has 0 saturated heterocycles. The Morgan fingerprint density at radius 2 is 1.38 bits per heavy atom. The molecular weight excluding hydrogens is 388 g/mol. The lowest BCUT2D eigenvalue weighted by Crippen LogP contribution is -2.17. The van der Waals surface area contributed by atoms with E-state index in [0.717, 1.165) is 28.0 Å². The minimum atomic E-state index is -0.0482. The summed E-state index contributed by atoms with van der Waals surface area (Å²) in [6, 6.07) is 34.9. The lowest BCUT2D eigenvalue weighted by Gasteiger charge is -2.29. The van der Waals surface area contributed by atoms with Crippen molar-refractivity contribution in [2.45, 2.75) is 19.3 Å². The summed E-state index contributed by atoms with van der Waals surface area (Å²) in [7, 11) is 0. The highest BCUT2D eigenvalue weighted by Crippen LogP contribution is 2.59. The highest BCUT2D eigenvalue weighted by molar-refractivity contribution is 6.07. The molecule has 0 spiro atoms. The van der Waals surface area contributed by atoms with Crippen LogP contribution in [0.25, 0.3) is 33.3 Å². The van der Waals surface area contributed by atoms with Gasteiger partial charge in [0, 0.05) is 27.6 Å². The molecule has 0 bridgehead atoms. The van der Waals surface area contributed by atoms with E-state index < -0.39 is 0 Å². The molecule has 2 heterocycles. The molecule has 7 rings (SSSR count). The Morgan fingerprint density at radius 1 is 0.656 bits per heavy atom. The smallest absolute Gasteiger partial charge is 0.0956 e. The van der Waals surface area contributed by atoms with E-state index >= 15 is 0 Å². The molecule has 1 aliphatic carbocycles. The van der Waals surface area contributed by atoms with E-state index in [0.29, 0.717) is 0 Å². The summed E-state index contributed by atoms with van der Waals surface area (Å²) in [6.07, 6.45) is 0. The van der Waals surface area contributed by atoms with Crippen LogP contribution in [0, 0.1) is 0 Å². The molecule has 1 aliphatic heterocycles. The third kappa shape index (κ3) is 2.17. The number of aromatic nitrogens is 1. The number of fused-ring (bicyclic) bond motifs is 3. The molecule has 2 nitrogen and oxygen atoms in total. The van der Waals surface area contributed by atoms with Gasteiger partial charge < -0.3 is 4.90 Å². The summed E-state index contributed by atoms with van der Waals surface area (Å²) in [4.78, 5) is 7.65. The van der Waals surface area contributed by atoms with Crippen LogP contribution in [0.1, 0.15) is 25.0 Å². The molecule has 0 radical (unpaired) electrons. The van der Waals surface area contributed by atoms with Crippen molar-refractivity contribution in [3.63, 3.8) is 0 Å². The molecule has 0 unspecified atom stereocenters. The van der Waals surface area contributed by atoms with E-state index in [2.05, 4.69) is 116 Å². The Kier molecular flexibility index (Phi) is 3.37. The van der Waals surface area contributed by atoms with E-state index in [-0.39, 0.29) is 5.41 Å². The minimum absolute atomic E-state index is 0.0482. The summed E-state index contributed by atoms with van der Waals surface area (Å²) in [5.41, 5.74) is 12.2. The molecule has 0 N–H and O–H groups in total. The molecule has 32 heavy (non-hydrogen) atoms. The third-order valence-electron chi connectivity index (χ3n) is 7.16. The zero-order valence-electron chi connectivity index (χ0n) is 18.1. The second-order valence-electron chi connectivity index (χ2n) is 9.27. The molecule has 152 valence electrons. The van der Waals surface area contributed by atoms with Crippen molar-refractivity contribution in [1.29, 1.82) is 0 Å². The molecule has 0 atom stereocenters. The van der Waals surface area contributed by atoms with Gasteiger partial charge in [0.1, 0.15) is 0 Å². The first-order valence-electron chi connectivity index (χ1n) is 11.2. The summed E-state index contributed by atoms with van der Waals surface area (Å²) < 4.78 is 0. The standard InChI is InChI=1S/C30H22N2/c1-30(2)22-14-8-13-21-27(22)28-23(30)15-9-17-25(28)32(20-11-4-3-5-12-20)26-18-19-10-6-7-16-24(19)31-29(21)26/h3-18H,1-2H3. The van der Waals surface area contributed by atoms with Gasteiger partial charge in [0.15, 0.2) is 0 Å². The zero-order valence-corrected chi connectivity index (χ0v) is 18.1. The highest BCUT2D eigenvalue weighted by atomic mass is 15.2. The maximum absolute atomic E-state index is 5.25. The monoisotopic (exact) mass is 410 g/mol. The largest absolute Gasteiger partial charge is 0.308 e. The highest BCUT2D eigenvalue weighted by Gasteiger charge is 2.41. The van der Waals surface area contributed by atoms with Crippen molar-refractivity contribution < 1.29 is 0 Å². The van der Waals surface area contributed by atoms with Gasteiger partial charge in [-0.25, -0.2) is 4.98 Å². The van der Waals surface area contributed by atoms with Crippen LogP contribution in [0.4, 0.5) is 17.1 Å². The van der Waals surface area contributed by atoms with Crippen LogP contribution < -0.4 is 4.90 Å². The van der Waals surface area contributed by atoms with Gasteiger partial charge in [-0.05, 0) is 47.0 Å². The number of benzene rings is 4. The summed E-state index contributed by atoms with van der Waals surface area (Å²) in [6.45, 7) is 4.68. The first kappa shape index (κ1) is 17.7. The Labute approximate surface area is 187 Å². The maximum Gasteiger partial charge on any atom is 0.0956 e. The van der Waals surface area contributed by atoms with Crippen LogP contribution in [-0.4, -0.2) is 4.98 Å². The molecule has 0 saturated carbocycles. The zero-order chi connectivity index (χ0) is 21.4. The normalized spacial score (nSPS) is 14.8.